The maximum atomic E-state index is 12.8. The van der Waals surface area contributed by atoms with E-state index >= 15 is 0 Å². The van der Waals surface area contributed by atoms with Gasteiger partial charge in [-0.25, -0.2) is 0 Å². The third-order valence-electron chi connectivity index (χ3n) is 13.3. The van der Waals surface area contributed by atoms with E-state index in [1.807, 2.05) is 0 Å². The average Bonchev–Trinajstić information content (AvgIpc) is 3.36. The number of hydrogen-bond acceptors (Lipinski definition) is 6. The smallest absolute Gasteiger partial charge is 0.306 e. The van der Waals surface area contributed by atoms with Gasteiger partial charge >= 0.3 is 17.9 Å². The molecule has 0 rings (SSSR count). The van der Waals surface area contributed by atoms with Crippen LogP contribution >= 0.6 is 0 Å². The molecule has 0 N–H and O–H groups in total. The molecule has 0 aromatic carbocycles. The van der Waals surface area contributed by atoms with Crippen molar-refractivity contribution in [2.75, 3.05) is 13.2 Å². The van der Waals surface area contributed by atoms with E-state index < -0.39 is 6.10 Å². The first-order valence-electron chi connectivity index (χ1n) is 30.3. The first-order valence-corrected chi connectivity index (χ1v) is 30.3. The van der Waals surface area contributed by atoms with Crippen LogP contribution in [-0.2, 0) is 28.6 Å². The molecule has 0 bridgehead atoms. The minimum absolute atomic E-state index is 0.0697. The second-order valence-corrected chi connectivity index (χ2v) is 20.2. The summed E-state index contributed by atoms with van der Waals surface area (Å²) in [6.07, 6.45) is 73.6. The van der Waals surface area contributed by atoms with Gasteiger partial charge in [0.1, 0.15) is 13.2 Å². The predicted octanol–water partition coefficient (Wildman–Crippen LogP) is 20.4. The molecule has 6 nitrogen and oxygen atoms in total. The van der Waals surface area contributed by atoms with Crippen molar-refractivity contribution in [3.63, 3.8) is 0 Å². The molecule has 0 aliphatic rings. The highest BCUT2D eigenvalue weighted by atomic mass is 16.6. The normalized spacial score (nSPS) is 12.4. The zero-order valence-corrected chi connectivity index (χ0v) is 46.5. The molecule has 0 spiro atoms. The fourth-order valence-corrected chi connectivity index (χ4v) is 8.77. The van der Waals surface area contributed by atoms with Gasteiger partial charge in [0.15, 0.2) is 6.10 Å². The Morgan fingerprint density at radius 2 is 0.557 bits per heavy atom. The number of hydrogen-bond donors (Lipinski definition) is 0. The van der Waals surface area contributed by atoms with Crippen molar-refractivity contribution in [2.24, 2.45) is 0 Å². The number of carbonyl (C=O) groups excluding carboxylic acids is 3. The van der Waals surface area contributed by atoms with Gasteiger partial charge in [-0.05, 0) is 64.2 Å². The van der Waals surface area contributed by atoms with Gasteiger partial charge in [-0.3, -0.25) is 14.4 Å². The van der Waals surface area contributed by atoms with Crippen LogP contribution in [0.1, 0.15) is 310 Å². The molecular formula is C64H114O6. The zero-order valence-electron chi connectivity index (χ0n) is 46.5. The Kier molecular flexibility index (Phi) is 56.3. The lowest BCUT2D eigenvalue weighted by molar-refractivity contribution is -0.167. The zero-order chi connectivity index (χ0) is 50.7. The van der Waals surface area contributed by atoms with Crippen LogP contribution in [0.2, 0.25) is 0 Å². The van der Waals surface area contributed by atoms with E-state index in [9.17, 15) is 14.4 Å². The first-order chi connectivity index (χ1) is 34.5. The lowest BCUT2D eigenvalue weighted by Crippen LogP contribution is -2.30. The van der Waals surface area contributed by atoms with Crippen molar-refractivity contribution in [3.05, 3.63) is 60.8 Å². The Labute approximate surface area is 434 Å². The van der Waals surface area contributed by atoms with E-state index in [2.05, 4.69) is 81.5 Å². The van der Waals surface area contributed by atoms with Gasteiger partial charge in [0, 0.05) is 19.3 Å². The Balaban J connectivity index is 4.20. The van der Waals surface area contributed by atoms with Gasteiger partial charge in [-0.2, -0.15) is 0 Å². The summed E-state index contributed by atoms with van der Waals surface area (Å²) in [7, 11) is 0. The van der Waals surface area contributed by atoms with Crippen molar-refractivity contribution < 1.29 is 28.6 Å². The largest absolute Gasteiger partial charge is 0.462 e. The quantitative estimate of drug-likeness (QED) is 0.0261. The van der Waals surface area contributed by atoms with Crippen LogP contribution in [0, 0.1) is 0 Å². The maximum absolute atomic E-state index is 12.8. The summed E-state index contributed by atoms with van der Waals surface area (Å²) < 4.78 is 16.9. The highest BCUT2D eigenvalue weighted by Gasteiger charge is 2.19. The SMILES string of the molecule is CC/C=C\C/C=C\C/C=C\C/C=C\C/C=C\CCCCCCCCCCCCCC(=O)OCC(COC(=O)CCCCCCCCCCCCC)OC(=O)CCCCCCCCCCCCCCCC. The molecule has 0 fully saturated rings. The van der Waals surface area contributed by atoms with Crippen molar-refractivity contribution in [2.45, 2.75) is 316 Å². The third-order valence-corrected chi connectivity index (χ3v) is 13.3. The van der Waals surface area contributed by atoms with E-state index in [1.165, 1.54) is 180 Å². The molecule has 1 atom stereocenters. The fourth-order valence-electron chi connectivity index (χ4n) is 8.77. The number of unbranched alkanes of at least 4 members (excludes halogenated alkanes) is 34. The molecule has 0 aliphatic carbocycles. The molecule has 1 unspecified atom stereocenters. The molecule has 6 heteroatoms. The van der Waals surface area contributed by atoms with Gasteiger partial charge in [0.2, 0.25) is 0 Å². The first kappa shape index (κ1) is 67.1. The monoisotopic (exact) mass is 979 g/mol. The van der Waals surface area contributed by atoms with Gasteiger partial charge < -0.3 is 14.2 Å². The van der Waals surface area contributed by atoms with Gasteiger partial charge in [-0.15, -0.1) is 0 Å². The van der Waals surface area contributed by atoms with E-state index in [0.717, 1.165) is 89.9 Å². The van der Waals surface area contributed by atoms with Gasteiger partial charge in [-0.1, -0.05) is 287 Å². The number of carbonyl (C=O) groups is 3. The average molecular weight is 980 g/mol. The van der Waals surface area contributed by atoms with E-state index in [4.69, 9.17) is 14.2 Å². The minimum Gasteiger partial charge on any atom is -0.462 e. The summed E-state index contributed by atoms with van der Waals surface area (Å²) in [5.41, 5.74) is 0. The maximum Gasteiger partial charge on any atom is 0.306 e. The van der Waals surface area contributed by atoms with Crippen molar-refractivity contribution >= 4 is 17.9 Å². The number of allylic oxidation sites excluding steroid dienone is 10. The highest BCUT2D eigenvalue weighted by molar-refractivity contribution is 5.71. The van der Waals surface area contributed by atoms with Crippen LogP contribution in [0.15, 0.2) is 60.8 Å². The fraction of sp³-hybridized carbons (Fsp3) is 0.797. The summed E-state index contributed by atoms with van der Waals surface area (Å²) in [4.78, 5) is 38.1. The second kappa shape index (κ2) is 58.7. The summed E-state index contributed by atoms with van der Waals surface area (Å²) in [5.74, 6) is -0.858. The van der Waals surface area contributed by atoms with Crippen LogP contribution in [0.3, 0.4) is 0 Å². The predicted molar refractivity (Wildman–Crippen MR) is 302 cm³/mol. The molecule has 406 valence electrons. The molecule has 0 saturated carbocycles. The van der Waals surface area contributed by atoms with Crippen LogP contribution < -0.4 is 0 Å². The summed E-state index contributed by atoms with van der Waals surface area (Å²) >= 11 is 0. The standard InChI is InChI=1S/C64H114O6/c1-4-7-10-13-16-19-22-24-26-27-28-29-30-31-32-33-34-35-36-37-38-40-42-45-48-51-54-57-63(66)69-60-61(59-68-62(65)56-53-50-47-44-41-21-18-15-12-9-6-3)70-64(67)58-55-52-49-46-43-39-25-23-20-17-14-11-8-5-2/h7,10,16,19,24,26,28-29,31-32,61H,4-6,8-9,11-15,17-18,20-23,25,27,30,33-60H2,1-3H3/b10-7-,19-16-,26-24-,29-28-,32-31-. The Bertz CT molecular complexity index is 1260. The second-order valence-electron chi connectivity index (χ2n) is 20.2. The van der Waals surface area contributed by atoms with Crippen molar-refractivity contribution in [1.29, 1.82) is 0 Å². The minimum atomic E-state index is -0.770. The molecule has 0 saturated heterocycles. The van der Waals surface area contributed by atoms with Gasteiger partial charge in [0.25, 0.3) is 0 Å². The summed E-state index contributed by atoms with van der Waals surface area (Å²) in [6.45, 7) is 6.55. The third kappa shape index (κ3) is 56.0. The van der Waals surface area contributed by atoms with E-state index in [-0.39, 0.29) is 31.1 Å². The van der Waals surface area contributed by atoms with Crippen molar-refractivity contribution in [3.8, 4) is 0 Å². The topological polar surface area (TPSA) is 78.9 Å². The van der Waals surface area contributed by atoms with Crippen LogP contribution in [0.5, 0.6) is 0 Å². The number of esters is 3. The van der Waals surface area contributed by atoms with E-state index in [0.29, 0.717) is 19.3 Å². The molecule has 0 aliphatic heterocycles. The molecule has 0 heterocycles. The number of ether oxygens (including phenoxy) is 3. The number of rotatable bonds is 55. The molecule has 0 radical (unpaired) electrons. The van der Waals surface area contributed by atoms with E-state index in [1.54, 1.807) is 0 Å². The summed E-state index contributed by atoms with van der Waals surface area (Å²) in [6, 6.07) is 0. The highest BCUT2D eigenvalue weighted by Crippen LogP contribution is 2.17. The molecule has 0 aromatic rings. The van der Waals surface area contributed by atoms with Gasteiger partial charge in [0.05, 0.1) is 0 Å². The Hall–Kier alpha value is -2.89. The molecular weight excluding hydrogens is 865 g/mol. The Morgan fingerprint density at radius 1 is 0.300 bits per heavy atom. The summed E-state index contributed by atoms with van der Waals surface area (Å²) in [5, 5.41) is 0. The Morgan fingerprint density at radius 3 is 0.871 bits per heavy atom. The van der Waals surface area contributed by atoms with Crippen molar-refractivity contribution in [1.82, 2.24) is 0 Å². The van der Waals surface area contributed by atoms with Crippen LogP contribution in [-0.4, -0.2) is 37.2 Å². The van der Waals surface area contributed by atoms with Crippen LogP contribution in [0.25, 0.3) is 0 Å². The molecule has 0 aromatic heterocycles. The lowest BCUT2D eigenvalue weighted by atomic mass is 10.0. The molecule has 0 amide bonds. The van der Waals surface area contributed by atoms with Crippen LogP contribution in [0.4, 0.5) is 0 Å². The molecule has 70 heavy (non-hydrogen) atoms. The lowest BCUT2D eigenvalue weighted by Gasteiger charge is -2.18.